The fourth-order valence-corrected chi connectivity index (χ4v) is 2.53. The normalized spacial score (nSPS) is 29.0. The summed E-state index contributed by atoms with van der Waals surface area (Å²) in [5.74, 6) is 0.208. The molecule has 8 nitrogen and oxygen atoms in total. The van der Waals surface area contributed by atoms with Crippen molar-refractivity contribution < 1.29 is 18.9 Å². The lowest BCUT2D eigenvalue weighted by atomic mass is 10.1. The number of hydrogen-bond donors (Lipinski definition) is 1. The van der Waals surface area contributed by atoms with Gasteiger partial charge in [-0.25, -0.2) is 4.79 Å². The Bertz CT molecular complexity index is 547. The van der Waals surface area contributed by atoms with Crippen LogP contribution in [-0.4, -0.2) is 55.8 Å². The van der Waals surface area contributed by atoms with Crippen LogP contribution in [0, 0.1) is 6.92 Å². The molecule has 0 radical (unpaired) electrons. The number of hydrogen-bond acceptors (Lipinski definition) is 7. The third-order valence-corrected chi connectivity index (χ3v) is 3.61. The highest BCUT2D eigenvalue weighted by atomic mass is 16.6. The molecule has 0 spiro atoms. The summed E-state index contributed by atoms with van der Waals surface area (Å²) in [6.45, 7) is 2.11. The summed E-state index contributed by atoms with van der Waals surface area (Å²) in [6.07, 6.45) is -0.148. The van der Waals surface area contributed by atoms with Gasteiger partial charge in [0.2, 0.25) is 0 Å². The van der Waals surface area contributed by atoms with Crippen LogP contribution in [0.5, 0.6) is 0 Å². The molecule has 1 fully saturated rings. The SMILES string of the molecule is COC[C@H]1O[C@@H](n2cc(C)c(N)nc2=O)C(OC)C1OC. The molecule has 0 aromatic carbocycles. The number of aryl methyl sites for hydroxylation is 1. The van der Waals surface area contributed by atoms with Crippen LogP contribution in [-0.2, 0) is 18.9 Å². The van der Waals surface area contributed by atoms with Crippen molar-refractivity contribution in [3.63, 3.8) is 0 Å². The quantitative estimate of drug-likeness (QED) is 0.797. The lowest BCUT2D eigenvalue weighted by Gasteiger charge is -2.22. The van der Waals surface area contributed by atoms with Gasteiger partial charge in [0.15, 0.2) is 6.23 Å². The summed E-state index contributed by atoms with van der Waals surface area (Å²) < 4.78 is 23.3. The first-order valence-electron chi connectivity index (χ1n) is 6.58. The Balaban J connectivity index is 2.38. The smallest absolute Gasteiger partial charge is 0.351 e. The molecule has 2 unspecified atom stereocenters. The lowest BCUT2D eigenvalue weighted by molar-refractivity contribution is -0.0672. The van der Waals surface area contributed by atoms with Crippen molar-refractivity contribution >= 4 is 5.82 Å². The molecule has 8 heteroatoms. The lowest BCUT2D eigenvalue weighted by Crippen LogP contribution is -2.39. The highest BCUT2D eigenvalue weighted by Crippen LogP contribution is 2.32. The zero-order valence-electron chi connectivity index (χ0n) is 12.6. The predicted octanol–water partition coefficient (Wildman–Crippen LogP) is -0.292. The van der Waals surface area contributed by atoms with E-state index in [-0.39, 0.29) is 18.0 Å². The second-order valence-electron chi connectivity index (χ2n) is 4.92. The van der Waals surface area contributed by atoms with Crippen LogP contribution in [0.3, 0.4) is 0 Å². The summed E-state index contributed by atoms with van der Waals surface area (Å²) >= 11 is 0. The van der Waals surface area contributed by atoms with Gasteiger partial charge in [-0.2, -0.15) is 4.98 Å². The number of rotatable bonds is 5. The summed E-state index contributed by atoms with van der Waals surface area (Å²) in [4.78, 5) is 15.9. The van der Waals surface area contributed by atoms with E-state index in [1.54, 1.807) is 34.4 Å². The molecular formula is C13H21N3O5. The highest BCUT2D eigenvalue weighted by Gasteiger charge is 2.46. The van der Waals surface area contributed by atoms with Crippen molar-refractivity contribution in [2.24, 2.45) is 0 Å². The molecule has 1 aliphatic rings. The van der Waals surface area contributed by atoms with Crippen molar-refractivity contribution in [3.05, 3.63) is 22.2 Å². The van der Waals surface area contributed by atoms with Gasteiger partial charge >= 0.3 is 5.69 Å². The summed E-state index contributed by atoms with van der Waals surface area (Å²) in [6, 6.07) is 0. The second-order valence-corrected chi connectivity index (χ2v) is 4.92. The van der Waals surface area contributed by atoms with Crippen molar-refractivity contribution in [2.45, 2.75) is 31.5 Å². The predicted molar refractivity (Wildman–Crippen MR) is 75.0 cm³/mol. The minimum absolute atomic E-state index is 0.208. The van der Waals surface area contributed by atoms with Crippen LogP contribution in [0.25, 0.3) is 0 Å². The zero-order chi connectivity index (χ0) is 15.6. The molecule has 0 bridgehead atoms. The maximum Gasteiger partial charge on any atom is 0.351 e. The van der Waals surface area contributed by atoms with Crippen molar-refractivity contribution in [1.82, 2.24) is 9.55 Å². The van der Waals surface area contributed by atoms with Crippen molar-refractivity contribution in [3.8, 4) is 0 Å². The maximum absolute atomic E-state index is 12.1. The van der Waals surface area contributed by atoms with E-state index in [0.717, 1.165) is 0 Å². The molecule has 2 rings (SSSR count). The molecule has 4 atom stereocenters. The summed E-state index contributed by atoms with van der Waals surface area (Å²) in [5.41, 5.74) is 5.85. The minimum atomic E-state index is -0.639. The number of aromatic nitrogens is 2. The van der Waals surface area contributed by atoms with Crippen molar-refractivity contribution in [1.29, 1.82) is 0 Å². The Morgan fingerprint density at radius 2 is 2.00 bits per heavy atom. The monoisotopic (exact) mass is 299 g/mol. The largest absolute Gasteiger partial charge is 0.383 e. The topological polar surface area (TPSA) is 97.8 Å². The van der Waals surface area contributed by atoms with Gasteiger partial charge < -0.3 is 24.7 Å². The molecule has 1 saturated heterocycles. The number of ether oxygens (including phenoxy) is 4. The van der Waals surface area contributed by atoms with Crippen LogP contribution in [0.4, 0.5) is 5.82 Å². The highest BCUT2D eigenvalue weighted by molar-refractivity contribution is 5.35. The zero-order valence-corrected chi connectivity index (χ0v) is 12.6. The third kappa shape index (κ3) is 2.93. The van der Waals surface area contributed by atoms with Crippen LogP contribution in [0.15, 0.2) is 11.0 Å². The van der Waals surface area contributed by atoms with E-state index in [4.69, 9.17) is 24.7 Å². The van der Waals surface area contributed by atoms with Crippen LogP contribution < -0.4 is 11.4 Å². The molecular weight excluding hydrogens is 278 g/mol. The van der Waals surface area contributed by atoms with E-state index in [0.29, 0.717) is 12.2 Å². The number of nitrogen functional groups attached to an aromatic ring is 1. The number of anilines is 1. The number of nitrogens with zero attached hydrogens (tertiary/aromatic N) is 2. The van der Waals surface area contributed by atoms with Gasteiger partial charge in [0.05, 0.1) is 6.61 Å². The average molecular weight is 299 g/mol. The van der Waals surface area contributed by atoms with Gasteiger partial charge in [-0.15, -0.1) is 0 Å². The van der Waals surface area contributed by atoms with Gasteiger partial charge in [0, 0.05) is 33.1 Å². The van der Waals surface area contributed by atoms with Crippen molar-refractivity contribution in [2.75, 3.05) is 33.7 Å². The fraction of sp³-hybridized carbons (Fsp3) is 0.692. The first-order valence-corrected chi connectivity index (χ1v) is 6.58. The Kier molecular flexibility index (Phi) is 4.94. The second kappa shape index (κ2) is 6.52. The Morgan fingerprint density at radius 3 is 2.57 bits per heavy atom. The molecule has 118 valence electrons. The molecule has 1 aromatic rings. The fourth-order valence-electron chi connectivity index (χ4n) is 2.53. The van der Waals surface area contributed by atoms with E-state index >= 15 is 0 Å². The van der Waals surface area contributed by atoms with Gasteiger partial charge in [-0.05, 0) is 6.92 Å². The van der Waals surface area contributed by atoms with Crippen LogP contribution >= 0.6 is 0 Å². The first kappa shape index (κ1) is 15.9. The number of methoxy groups -OCH3 is 3. The minimum Gasteiger partial charge on any atom is -0.383 e. The molecule has 0 aliphatic carbocycles. The van der Waals surface area contributed by atoms with E-state index in [9.17, 15) is 4.79 Å². The molecule has 0 saturated carbocycles. The maximum atomic E-state index is 12.1. The van der Waals surface area contributed by atoms with Gasteiger partial charge in [-0.3, -0.25) is 4.57 Å². The van der Waals surface area contributed by atoms with Gasteiger partial charge in [0.25, 0.3) is 0 Å². The summed E-state index contributed by atoms with van der Waals surface area (Å²) in [7, 11) is 4.69. The standard InChI is InChI=1S/C13H21N3O5/c1-7-5-16(13(17)15-11(7)14)12-10(20-4)9(19-3)8(21-12)6-18-2/h5,8-10,12H,6H2,1-4H3,(H2,14,15,17)/t8-,9?,10?,12-/m1/s1. The molecule has 0 amide bonds. The van der Waals surface area contributed by atoms with Gasteiger partial charge in [-0.1, -0.05) is 0 Å². The molecule has 1 aliphatic heterocycles. The average Bonchev–Trinajstić information content (AvgIpc) is 2.80. The Morgan fingerprint density at radius 1 is 1.33 bits per heavy atom. The van der Waals surface area contributed by atoms with E-state index in [1.165, 1.54) is 4.57 Å². The van der Waals surface area contributed by atoms with E-state index < -0.39 is 18.0 Å². The Hall–Kier alpha value is -1.48. The van der Waals surface area contributed by atoms with Crippen LogP contribution in [0.1, 0.15) is 11.8 Å². The van der Waals surface area contributed by atoms with Crippen LogP contribution in [0.2, 0.25) is 0 Å². The Labute approximate surface area is 122 Å². The molecule has 2 N–H and O–H groups in total. The van der Waals surface area contributed by atoms with E-state index in [1.807, 2.05) is 0 Å². The summed E-state index contributed by atoms with van der Waals surface area (Å²) in [5, 5.41) is 0. The molecule has 2 heterocycles. The molecule has 21 heavy (non-hydrogen) atoms. The first-order chi connectivity index (χ1) is 10.0. The van der Waals surface area contributed by atoms with Gasteiger partial charge in [0.1, 0.15) is 24.1 Å². The van der Waals surface area contributed by atoms with E-state index in [2.05, 4.69) is 4.98 Å². The number of nitrogens with two attached hydrogens (primary N) is 1. The molecule has 1 aromatic heterocycles. The third-order valence-electron chi connectivity index (χ3n) is 3.61.